The van der Waals surface area contributed by atoms with Gasteiger partial charge in [0.2, 0.25) is 0 Å². The summed E-state index contributed by atoms with van der Waals surface area (Å²) in [5.41, 5.74) is 7.79. The van der Waals surface area contributed by atoms with E-state index in [1.54, 1.807) is 12.4 Å². The molecule has 1 aromatic rings. The van der Waals surface area contributed by atoms with Gasteiger partial charge in [0.25, 0.3) is 0 Å². The van der Waals surface area contributed by atoms with Crippen LogP contribution >= 0.6 is 0 Å². The molecule has 76 valence electrons. The molecule has 1 aliphatic rings. The van der Waals surface area contributed by atoms with Gasteiger partial charge >= 0.3 is 0 Å². The average Bonchev–Trinajstić information content (AvgIpc) is 2.20. The Morgan fingerprint density at radius 3 is 2.93 bits per heavy atom. The summed E-state index contributed by atoms with van der Waals surface area (Å²) >= 11 is 0. The van der Waals surface area contributed by atoms with Gasteiger partial charge in [-0.05, 0) is 18.6 Å². The average molecular weight is 192 g/mol. The first-order valence-corrected chi connectivity index (χ1v) is 4.95. The van der Waals surface area contributed by atoms with Crippen LogP contribution in [0.5, 0.6) is 0 Å². The van der Waals surface area contributed by atoms with E-state index in [1.165, 1.54) is 0 Å². The van der Waals surface area contributed by atoms with E-state index in [0.717, 1.165) is 24.3 Å². The van der Waals surface area contributed by atoms with E-state index in [4.69, 9.17) is 5.73 Å². The number of nitrogens with zero attached hydrogens (tertiary/aromatic N) is 1. The molecular formula is C10H16N4. The number of nitrogen functional groups attached to an aromatic ring is 1. The molecule has 0 spiro atoms. The minimum Gasteiger partial charge on any atom is -0.397 e. The highest BCUT2D eigenvalue weighted by Gasteiger charge is 2.23. The van der Waals surface area contributed by atoms with Gasteiger partial charge in [-0.1, -0.05) is 0 Å². The van der Waals surface area contributed by atoms with Crippen molar-refractivity contribution in [3.05, 3.63) is 24.0 Å². The molecule has 4 heteroatoms. The summed E-state index contributed by atoms with van der Waals surface area (Å²) in [6.45, 7) is 4.16. The summed E-state index contributed by atoms with van der Waals surface area (Å²) in [7, 11) is 0. The maximum absolute atomic E-state index is 5.88. The van der Waals surface area contributed by atoms with Gasteiger partial charge in [-0.3, -0.25) is 4.98 Å². The second kappa shape index (κ2) is 3.94. The van der Waals surface area contributed by atoms with Crippen LogP contribution in [0.4, 0.5) is 5.69 Å². The van der Waals surface area contributed by atoms with Crippen molar-refractivity contribution < 1.29 is 0 Å². The Labute approximate surface area is 83.9 Å². The largest absolute Gasteiger partial charge is 0.397 e. The lowest BCUT2D eigenvalue weighted by atomic mass is 9.98. The van der Waals surface area contributed by atoms with Gasteiger partial charge in [0.15, 0.2) is 0 Å². The molecule has 0 saturated carbocycles. The van der Waals surface area contributed by atoms with Gasteiger partial charge in [-0.25, -0.2) is 0 Å². The Morgan fingerprint density at radius 2 is 2.21 bits per heavy atom. The minimum atomic E-state index is 0.298. The van der Waals surface area contributed by atoms with Crippen LogP contribution in [0.15, 0.2) is 18.5 Å². The molecule has 1 saturated heterocycles. The third-order valence-corrected chi connectivity index (χ3v) is 2.68. The predicted octanol–water partition coefficient (Wildman–Crippen LogP) is 0.286. The van der Waals surface area contributed by atoms with E-state index in [9.17, 15) is 0 Å². The molecule has 4 nitrogen and oxygen atoms in total. The van der Waals surface area contributed by atoms with Crippen molar-refractivity contribution in [3.63, 3.8) is 0 Å². The molecule has 1 aromatic heterocycles. The van der Waals surface area contributed by atoms with Gasteiger partial charge in [0, 0.05) is 31.4 Å². The number of anilines is 1. The quantitative estimate of drug-likeness (QED) is 0.598. The molecule has 2 heterocycles. The van der Waals surface area contributed by atoms with E-state index in [0.29, 0.717) is 12.1 Å². The normalized spacial score (nSPS) is 27.5. The molecule has 0 aliphatic carbocycles. The molecule has 1 aliphatic heterocycles. The first-order chi connectivity index (χ1) is 6.79. The number of hydrogen-bond acceptors (Lipinski definition) is 4. The molecule has 1 fully saturated rings. The first kappa shape index (κ1) is 9.43. The fraction of sp³-hybridized carbons (Fsp3) is 0.500. The van der Waals surface area contributed by atoms with Crippen LogP contribution in [-0.4, -0.2) is 24.1 Å². The summed E-state index contributed by atoms with van der Waals surface area (Å²) in [5.74, 6) is 0. The van der Waals surface area contributed by atoms with Crippen LogP contribution in [0.1, 0.15) is 18.5 Å². The fourth-order valence-electron chi connectivity index (χ4n) is 1.90. The fourth-order valence-corrected chi connectivity index (χ4v) is 1.90. The van der Waals surface area contributed by atoms with Gasteiger partial charge in [-0.2, -0.15) is 0 Å². The van der Waals surface area contributed by atoms with Gasteiger partial charge < -0.3 is 16.4 Å². The Balaban J connectivity index is 2.25. The van der Waals surface area contributed by atoms with Crippen LogP contribution in [-0.2, 0) is 0 Å². The lowest BCUT2D eigenvalue weighted by Gasteiger charge is -2.32. The Bertz CT molecular complexity index is 313. The van der Waals surface area contributed by atoms with Crippen LogP contribution < -0.4 is 16.4 Å². The van der Waals surface area contributed by atoms with Gasteiger partial charge in [-0.15, -0.1) is 0 Å². The molecule has 0 aromatic carbocycles. The summed E-state index contributed by atoms with van der Waals surface area (Å²) in [5, 5.41) is 6.87. The van der Waals surface area contributed by atoms with Crippen molar-refractivity contribution in [2.75, 3.05) is 18.8 Å². The van der Waals surface area contributed by atoms with E-state index in [2.05, 4.69) is 22.5 Å². The SMILES string of the molecule is CC1NCCNC1c1ccncc1N. The zero-order valence-electron chi connectivity index (χ0n) is 8.33. The van der Waals surface area contributed by atoms with E-state index in [-0.39, 0.29) is 0 Å². The molecule has 0 amide bonds. The molecule has 4 N–H and O–H groups in total. The van der Waals surface area contributed by atoms with Gasteiger partial charge in [0.05, 0.1) is 11.9 Å². The number of nitrogens with one attached hydrogen (secondary N) is 2. The monoisotopic (exact) mass is 192 g/mol. The smallest absolute Gasteiger partial charge is 0.0549 e. The molecule has 2 atom stereocenters. The number of hydrogen-bond donors (Lipinski definition) is 3. The number of nitrogens with two attached hydrogens (primary N) is 1. The number of aromatic nitrogens is 1. The summed E-state index contributed by atoms with van der Waals surface area (Å²) in [4.78, 5) is 3.99. The zero-order valence-corrected chi connectivity index (χ0v) is 8.33. The Hall–Kier alpha value is -1.13. The number of pyridine rings is 1. The summed E-state index contributed by atoms with van der Waals surface area (Å²) in [6, 6.07) is 2.69. The first-order valence-electron chi connectivity index (χ1n) is 4.95. The molecule has 2 unspecified atom stereocenters. The second-order valence-electron chi connectivity index (χ2n) is 3.68. The molecule has 0 bridgehead atoms. The van der Waals surface area contributed by atoms with E-state index >= 15 is 0 Å². The van der Waals surface area contributed by atoms with Crippen molar-refractivity contribution in [3.8, 4) is 0 Å². The summed E-state index contributed by atoms with van der Waals surface area (Å²) < 4.78 is 0. The maximum Gasteiger partial charge on any atom is 0.0549 e. The molecule has 0 radical (unpaired) electrons. The van der Waals surface area contributed by atoms with Crippen LogP contribution in [0.3, 0.4) is 0 Å². The van der Waals surface area contributed by atoms with Crippen molar-refractivity contribution in [2.24, 2.45) is 0 Å². The van der Waals surface area contributed by atoms with E-state index < -0.39 is 0 Å². The van der Waals surface area contributed by atoms with Crippen LogP contribution in [0, 0.1) is 0 Å². The number of rotatable bonds is 1. The Kier molecular flexibility index (Phi) is 2.65. The third kappa shape index (κ3) is 1.71. The molecule has 14 heavy (non-hydrogen) atoms. The molecule has 2 rings (SSSR count). The summed E-state index contributed by atoms with van der Waals surface area (Å²) in [6.07, 6.45) is 3.49. The van der Waals surface area contributed by atoms with Gasteiger partial charge in [0.1, 0.15) is 0 Å². The Morgan fingerprint density at radius 1 is 1.43 bits per heavy atom. The number of piperazine rings is 1. The lowest BCUT2D eigenvalue weighted by molar-refractivity contribution is 0.346. The lowest BCUT2D eigenvalue weighted by Crippen LogP contribution is -2.49. The highest BCUT2D eigenvalue weighted by molar-refractivity contribution is 5.46. The van der Waals surface area contributed by atoms with Crippen LogP contribution in [0.25, 0.3) is 0 Å². The predicted molar refractivity (Wildman–Crippen MR) is 56.9 cm³/mol. The van der Waals surface area contributed by atoms with Crippen molar-refractivity contribution in [1.29, 1.82) is 0 Å². The van der Waals surface area contributed by atoms with Crippen molar-refractivity contribution >= 4 is 5.69 Å². The minimum absolute atomic E-state index is 0.298. The maximum atomic E-state index is 5.88. The second-order valence-corrected chi connectivity index (χ2v) is 3.68. The van der Waals surface area contributed by atoms with E-state index in [1.807, 2.05) is 6.07 Å². The zero-order chi connectivity index (χ0) is 9.97. The standard InChI is InChI=1S/C10H16N4/c1-7-10(14-5-4-13-7)8-2-3-12-6-9(8)11/h2-3,6-7,10,13-14H,4-5,11H2,1H3. The highest BCUT2D eigenvalue weighted by atomic mass is 15.1. The third-order valence-electron chi connectivity index (χ3n) is 2.68. The molecular weight excluding hydrogens is 176 g/mol. The van der Waals surface area contributed by atoms with Crippen molar-refractivity contribution in [1.82, 2.24) is 15.6 Å². The van der Waals surface area contributed by atoms with Crippen LogP contribution in [0.2, 0.25) is 0 Å². The van der Waals surface area contributed by atoms with Crippen molar-refractivity contribution in [2.45, 2.75) is 19.0 Å². The highest BCUT2D eigenvalue weighted by Crippen LogP contribution is 2.23. The topological polar surface area (TPSA) is 63.0 Å².